The molecule has 0 atom stereocenters. The van der Waals surface area contributed by atoms with Crippen molar-refractivity contribution in [1.82, 2.24) is 0 Å². The van der Waals surface area contributed by atoms with Gasteiger partial charge >= 0.3 is 5.97 Å². The normalized spacial score (nSPS) is 11.1. The van der Waals surface area contributed by atoms with Crippen molar-refractivity contribution in [2.75, 3.05) is 14.2 Å². The van der Waals surface area contributed by atoms with Crippen LogP contribution in [0.3, 0.4) is 0 Å². The molecule has 1 aromatic carbocycles. The summed E-state index contributed by atoms with van der Waals surface area (Å²) in [6.45, 7) is 2.05. The summed E-state index contributed by atoms with van der Waals surface area (Å²) in [5, 5.41) is 0. The summed E-state index contributed by atoms with van der Waals surface area (Å²) in [7, 11) is 2.90. The van der Waals surface area contributed by atoms with Gasteiger partial charge in [-0.25, -0.2) is 4.79 Å². The quantitative estimate of drug-likeness (QED) is 0.398. The highest BCUT2D eigenvalue weighted by molar-refractivity contribution is 6.33. The topological polar surface area (TPSA) is 52.6 Å². The van der Waals surface area contributed by atoms with Crippen molar-refractivity contribution in [2.24, 2.45) is 0 Å². The molecule has 0 unspecified atom stereocenters. The van der Waals surface area contributed by atoms with Gasteiger partial charge in [0.25, 0.3) is 0 Å². The molecular weight excluding hydrogens is 280 g/mol. The van der Waals surface area contributed by atoms with Gasteiger partial charge in [0.1, 0.15) is 5.75 Å². The lowest BCUT2D eigenvalue weighted by molar-refractivity contribution is -0.151. The first-order chi connectivity index (χ1) is 10.6. The molecule has 4 heteroatoms. The molecule has 0 aliphatic carbocycles. The molecule has 22 heavy (non-hydrogen) atoms. The number of carbonyl (C=O) groups is 2. The van der Waals surface area contributed by atoms with E-state index in [-0.39, 0.29) is 6.42 Å². The predicted octanol–water partition coefficient (Wildman–Crippen LogP) is 3.49. The second kappa shape index (κ2) is 9.77. The van der Waals surface area contributed by atoms with Crippen molar-refractivity contribution >= 4 is 11.8 Å². The zero-order valence-electron chi connectivity index (χ0n) is 13.6. The van der Waals surface area contributed by atoms with Crippen molar-refractivity contribution in [2.45, 2.75) is 39.0 Å². The smallest absolute Gasteiger partial charge is 0.374 e. The second-order valence-corrected chi connectivity index (χ2v) is 5.17. The predicted molar refractivity (Wildman–Crippen MR) is 85.9 cm³/mol. The van der Waals surface area contributed by atoms with E-state index in [2.05, 4.69) is 16.9 Å². The van der Waals surface area contributed by atoms with Crippen LogP contribution in [0.5, 0.6) is 5.75 Å². The molecule has 1 rings (SSSR count). The maximum atomic E-state index is 11.3. The molecule has 0 fully saturated rings. The zero-order chi connectivity index (χ0) is 16.4. The monoisotopic (exact) mass is 304 g/mol. The molecule has 0 heterocycles. The Bertz CT molecular complexity index is 532. The molecule has 0 aliphatic rings. The van der Waals surface area contributed by atoms with Crippen LogP contribution in [0.4, 0.5) is 0 Å². The lowest BCUT2D eigenvalue weighted by Gasteiger charge is -2.07. The van der Waals surface area contributed by atoms with Gasteiger partial charge in [0, 0.05) is 6.42 Å². The number of ketones is 1. The fraction of sp³-hybridized carbons (Fsp3) is 0.444. The zero-order valence-corrected chi connectivity index (χ0v) is 13.6. The third-order valence-electron chi connectivity index (χ3n) is 3.49. The van der Waals surface area contributed by atoms with E-state index in [1.165, 1.54) is 18.2 Å². The second-order valence-electron chi connectivity index (χ2n) is 5.17. The van der Waals surface area contributed by atoms with E-state index in [1.54, 1.807) is 7.11 Å². The largest absolute Gasteiger partial charge is 0.496 e. The van der Waals surface area contributed by atoms with Crippen LogP contribution in [0.15, 0.2) is 35.9 Å². The number of hydrogen-bond donors (Lipinski definition) is 0. The van der Waals surface area contributed by atoms with E-state index < -0.39 is 11.8 Å². The van der Waals surface area contributed by atoms with Crippen LogP contribution in [0, 0.1) is 0 Å². The molecule has 120 valence electrons. The Balaban J connectivity index is 2.34. The van der Waals surface area contributed by atoms with Gasteiger partial charge in [0.15, 0.2) is 0 Å². The summed E-state index contributed by atoms with van der Waals surface area (Å²) in [6.07, 6.45) is 5.75. The van der Waals surface area contributed by atoms with Gasteiger partial charge in [0.2, 0.25) is 5.78 Å². The number of methoxy groups -OCH3 is 2. The van der Waals surface area contributed by atoms with Crippen molar-refractivity contribution < 1.29 is 19.1 Å². The van der Waals surface area contributed by atoms with Crippen LogP contribution >= 0.6 is 0 Å². The van der Waals surface area contributed by atoms with E-state index in [0.29, 0.717) is 6.42 Å². The van der Waals surface area contributed by atoms with E-state index in [9.17, 15) is 9.59 Å². The Kier molecular flexibility index (Phi) is 7.97. The van der Waals surface area contributed by atoms with Crippen LogP contribution in [0.1, 0.15) is 38.2 Å². The van der Waals surface area contributed by atoms with Gasteiger partial charge in [-0.15, -0.1) is 0 Å². The number of esters is 1. The Morgan fingerprint density at radius 1 is 1.14 bits per heavy atom. The highest BCUT2D eigenvalue weighted by atomic mass is 16.5. The number of para-hydroxylation sites is 1. The standard InChI is InChI=1S/C18H24O4/c1-14(9-7-12-16(19)18(20)22-3)8-6-11-15-10-4-5-13-17(15)21-2/h4-5,8,10,13H,6-7,9,11-12H2,1-3H3/b14-8+. The van der Waals surface area contributed by atoms with Gasteiger partial charge in [-0.3, -0.25) is 4.79 Å². The molecule has 0 saturated heterocycles. The summed E-state index contributed by atoms with van der Waals surface area (Å²) < 4.78 is 9.72. The number of rotatable bonds is 9. The molecule has 0 aliphatic heterocycles. The van der Waals surface area contributed by atoms with Crippen LogP contribution in [0.2, 0.25) is 0 Å². The molecule has 0 spiro atoms. The molecule has 1 aromatic rings. The molecule has 0 N–H and O–H groups in total. The van der Waals surface area contributed by atoms with E-state index in [1.807, 2.05) is 25.1 Å². The Morgan fingerprint density at radius 2 is 1.86 bits per heavy atom. The van der Waals surface area contributed by atoms with E-state index >= 15 is 0 Å². The minimum atomic E-state index is -0.752. The summed E-state index contributed by atoms with van der Waals surface area (Å²) in [4.78, 5) is 22.3. The van der Waals surface area contributed by atoms with Gasteiger partial charge in [-0.2, -0.15) is 0 Å². The fourth-order valence-electron chi connectivity index (χ4n) is 2.23. The molecule has 0 saturated carbocycles. The first-order valence-electron chi connectivity index (χ1n) is 7.47. The third kappa shape index (κ3) is 6.12. The Hall–Kier alpha value is -2.10. The molecular formula is C18H24O4. The van der Waals surface area contributed by atoms with Crippen molar-refractivity contribution in [3.63, 3.8) is 0 Å². The van der Waals surface area contributed by atoms with Gasteiger partial charge in [-0.1, -0.05) is 29.8 Å². The summed E-state index contributed by atoms with van der Waals surface area (Å²) >= 11 is 0. The summed E-state index contributed by atoms with van der Waals surface area (Å²) in [6, 6.07) is 8.00. The molecule has 0 amide bonds. The number of aryl methyl sites for hydroxylation is 1. The number of ether oxygens (including phenoxy) is 2. The third-order valence-corrected chi connectivity index (χ3v) is 3.49. The number of benzene rings is 1. The molecule has 0 bridgehead atoms. The number of carbonyl (C=O) groups excluding carboxylic acids is 2. The van der Waals surface area contributed by atoms with Crippen LogP contribution in [0.25, 0.3) is 0 Å². The van der Waals surface area contributed by atoms with Crippen molar-refractivity contribution in [3.05, 3.63) is 41.5 Å². The number of hydrogen-bond acceptors (Lipinski definition) is 4. The Labute approximate surface area is 132 Å². The van der Waals surface area contributed by atoms with E-state index in [0.717, 1.165) is 25.0 Å². The van der Waals surface area contributed by atoms with Crippen LogP contribution < -0.4 is 4.74 Å². The lowest BCUT2D eigenvalue weighted by atomic mass is 10.0. The minimum Gasteiger partial charge on any atom is -0.496 e. The average molecular weight is 304 g/mol. The van der Waals surface area contributed by atoms with Crippen molar-refractivity contribution in [3.8, 4) is 5.75 Å². The first kappa shape index (κ1) is 18.0. The number of Topliss-reactive ketones (excluding diaryl/α,β-unsaturated/α-hetero) is 1. The molecule has 4 nitrogen and oxygen atoms in total. The van der Waals surface area contributed by atoms with Crippen LogP contribution in [-0.2, 0) is 20.7 Å². The molecule has 0 radical (unpaired) electrons. The summed E-state index contributed by atoms with van der Waals surface area (Å²) in [5.74, 6) is -0.292. The minimum absolute atomic E-state index is 0.240. The average Bonchev–Trinajstić information content (AvgIpc) is 2.54. The van der Waals surface area contributed by atoms with E-state index in [4.69, 9.17) is 4.74 Å². The Morgan fingerprint density at radius 3 is 2.55 bits per heavy atom. The lowest BCUT2D eigenvalue weighted by Crippen LogP contribution is -2.14. The van der Waals surface area contributed by atoms with Gasteiger partial charge in [0.05, 0.1) is 14.2 Å². The van der Waals surface area contributed by atoms with Crippen molar-refractivity contribution in [1.29, 1.82) is 0 Å². The highest BCUT2D eigenvalue weighted by Gasteiger charge is 2.12. The maximum absolute atomic E-state index is 11.3. The number of allylic oxidation sites excluding steroid dienone is 2. The maximum Gasteiger partial charge on any atom is 0.374 e. The molecule has 0 aromatic heterocycles. The highest BCUT2D eigenvalue weighted by Crippen LogP contribution is 2.19. The van der Waals surface area contributed by atoms with Crippen LogP contribution in [-0.4, -0.2) is 26.0 Å². The SMILES string of the molecule is COC(=O)C(=O)CCC/C(C)=C/CCc1ccccc1OC. The summed E-state index contributed by atoms with van der Waals surface area (Å²) in [5.41, 5.74) is 2.42. The van der Waals surface area contributed by atoms with Gasteiger partial charge < -0.3 is 9.47 Å². The first-order valence-corrected chi connectivity index (χ1v) is 7.47. The fourth-order valence-corrected chi connectivity index (χ4v) is 2.23. The van der Waals surface area contributed by atoms with Gasteiger partial charge in [-0.05, 0) is 44.2 Å².